The molecule has 0 aromatic rings. The number of carbonyl (C=O) groups is 2. The summed E-state index contributed by atoms with van der Waals surface area (Å²) in [6.07, 6.45) is -14.9. The molecule has 2 heterocycles. The van der Waals surface area contributed by atoms with Crippen LogP contribution in [0.2, 0.25) is 0 Å². The zero-order chi connectivity index (χ0) is 22.3. The summed E-state index contributed by atoms with van der Waals surface area (Å²) >= 11 is 0. The van der Waals surface area contributed by atoms with Gasteiger partial charge in [0, 0.05) is 38.0 Å². The van der Waals surface area contributed by atoms with E-state index in [0.717, 1.165) is 4.90 Å². The molecule has 12 heteroatoms. The van der Waals surface area contributed by atoms with Gasteiger partial charge < -0.3 is 14.5 Å². The first-order valence-electron chi connectivity index (χ1n) is 9.65. The smallest absolute Gasteiger partial charge is 0.426 e. The van der Waals surface area contributed by atoms with Crippen LogP contribution in [-0.2, 0) is 9.53 Å². The number of ether oxygens (including phenoxy) is 1. The Labute approximate surface area is 168 Å². The standard InChI is InChI=1S/C18H21F6N3O3/c19-17(20,21)14(18(22,23)24)30-15(29)27-7-3-16(4-8-27)9-12(16)13(28)26-5-1-11(10-25)2-6-26/h11-12,14H,1-9H2. The Kier molecular flexibility index (Phi) is 5.86. The van der Waals surface area contributed by atoms with Gasteiger partial charge in [0.15, 0.2) is 0 Å². The van der Waals surface area contributed by atoms with Gasteiger partial charge in [0.05, 0.1) is 6.07 Å². The zero-order valence-electron chi connectivity index (χ0n) is 15.9. The van der Waals surface area contributed by atoms with Gasteiger partial charge in [-0.1, -0.05) is 0 Å². The maximum atomic E-state index is 12.7. The molecule has 1 unspecified atom stereocenters. The van der Waals surface area contributed by atoms with Crippen LogP contribution in [0.3, 0.4) is 0 Å². The molecule has 1 spiro atoms. The average molecular weight is 441 g/mol. The third kappa shape index (κ3) is 4.59. The molecule has 3 fully saturated rings. The van der Waals surface area contributed by atoms with Gasteiger partial charge >= 0.3 is 18.4 Å². The number of rotatable bonds is 2. The number of nitriles is 1. The number of amides is 2. The van der Waals surface area contributed by atoms with Crippen molar-refractivity contribution in [1.29, 1.82) is 5.26 Å². The van der Waals surface area contributed by atoms with Crippen LogP contribution in [-0.4, -0.2) is 66.4 Å². The fourth-order valence-corrected chi connectivity index (χ4v) is 4.33. The van der Waals surface area contributed by atoms with Gasteiger partial charge in [0.1, 0.15) is 0 Å². The monoisotopic (exact) mass is 441 g/mol. The minimum absolute atomic E-state index is 0.0309. The molecule has 0 aromatic carbocycles. The number of piperidine rings is 2. The van der Waals surface area contributed by atoms with E-state index in [4.69, 9.17) is 5.26 Å². The molecule has 2 saturated heterocycles. The van der Waals surface area contributed by atoms with Gasteiger partial charge in [-0.25, -0.2) is 4.79 Å². The highest BCUT2D eigenvalue weighted by Gasteiger charge is 2.62. The molecular formula is C18H21F6N3O3. The molecule has 3 rings (SSSR count). The second-order valence-corrected chi connectivity index (χ2v) is 8.18. The Morgan fingerprint density at radius 1 is 0.967 bits per heavy atom. The maximum Gasteiger partial charge on any atom is 0.434 e. The molecule has 2 aliphatic heterocycles. The Balaban J connectivity index is 1.51. The van der Waals surface area contributed by atoms with Crippen LogP contribution in [0.15, 0.2) is 0 Å². The van der Waals surface area contributed by atoms with Gasteiger partial charge in [-0.2, -0.15) is 31.6 Å². The number of nitrogens with zero attached hydrogens (tertiary/aromatic N) is 3. The molecule has 1 saturated carbocycles. The lowest BCUT2D eigenvalue weighted by molar-refractivity contribution is -0.308. The first-order valence-corrected chi connectivity index (χ1v) is 9.65. The van der Waals surface area contributed by atoms with Crippen molar-refractivity contribution in [1.82, 2.24) is 9.80 Å². The lowest BCUT2D eigenvalue weighted by Crippen LogP contribution is -2.49. The van der Waals surface area contributed by atoms with E-state index in [0.29, 0.717) is 45.2 Å². The molecular weight excluding hydrogens is 420 g/mol. The van der Waals surface area contributed by atoms with Gasteiger partial charge in [-0.05, 0) is 37.5 Å². The summed E-state index contributed by atoms with van der Waals surface area (Å²) in [5.74, 6) is -0.349. The van der Waals surface area contributed by atoms with Crippen molar-refractivity contribution >= 4 is 12.0 Å². The minimum atomic E-state index is -5.75. The highest BCUT2D eigenvalue weighted by Crippen LogP contribution is 2.60. The van der Waals surface area contributed by atoms with Crippen LogP contribution in [0.1, 0.15) is 32.1 Å². The fraction of sp³-hybridized carbons (Fsp3) is 0.833. The van der Waals surface area contributed by atoms with Crippen molar-refractivity contribution in [2.75, 3.05) is 26.2 Å². The first-order chi connectivity index (χ1) is 13.9. The Morgan fingerprint density at radius 3 is 1.97 bits per heavy atom. The molecule has 1 aliphatic carbocycles. The Hall–Kier alpha value is -2.19. The summed E-state index contributed by atoms with van der Waals surface area (Å²) in [5.41, 5.74) is -0.368. The Bertz CT molecular complexity index is 702. The molecule has 6 nitrogen and oxygen atoms in total. The number of halogens is 6. The SMILES string of the molecule is N#CC1CCN(C(=O)C2CC23CCN(C(=O)OC(C(F)(F)F)C(F)(F)F)CC3)CC1. The van der Waals surface area contributed by atoms with Crippen molar-refractivity contribution < 1.29 is 40.7 Å². The molecule has 2 amide bonds. The van der Waals surface area contributed by atoms with Crippen LogP contribution >= 0.6 is 0 Å². The quantitative estimate of drug-likeness (QED) is 0.615. The third-order valence-electron chi connectivity index (χ3n) is 6.31. The molecule has 168 valence electrons. The maximum absolute atomic E-state index is 12.7. The van der Waals surface area contributed by atoms with Crippen molar-refractivity contribution in [2.24, 2.45) is 17.3 Å². The average Bonchev–Trinajstić information content (AvgIpc) is 3.37. The highest BCUT2D eigenvalue weighted by atomic mass is 19.4. The normalized spacial score (nSPS) is 24.7. The number of hydrogen-bond acceptors (Lipinski definition) is 4. The van der Waals surface area contributed by atoms with Crippen molar-refractivity contribution in [3.63, 3.8) is 0 Å². The van der Waals surface area contributed by atoms with E-state index in [2.05, 4.69) is 10.8 Å². The van der Waals surface area contributed by atoms with E-state index in [1.807, 2.05) is 0 Å². The summed E-state index contributed by atoms with van der Waals surface area (Å²) in [7, 11) is 0. The van der Waals surface area contributed by atoms with E-state index in [-0.39, 0.29) is 36.2 Å². The lowest BCUT2D eigenvalue weighted by atomic mass is 9.90. The minimum Gasteiger partial charge on any atom is -0.426 e. The number of alkyl halides is 6. The first kappa shape index (κ1) is 22.5. The number of hydrogen-bond donors (Lipinski definition) is 0. The molecule has 1 atom stereocenters. The molecule has 30 heavy (non-hydrogen) atoms. The van der Waals surface area contributed by atoms with Crippen LogP contribution in [0, 0.1) is 28.6 Å². The van der Waals surface area contributed by atoms with Gasteiger partial charge in [0.25, 0.3) is 6.10 Å². The van der Waals surface area contributed by atoms with Crippen LogP contribution in [0.25, 0.3) is 0 Å². The number of carbonyl (C=O) groups excluding carboxylic acids is 2. The van der Waals surface area contributed by atoms with Gasteiger partial charge in [-0.3, -0.25) is 4.79 Å². The van der Waals surface area contributed by atoms with E-state index in [9.17, 15) is 35.9 Å². The molecule has 3 aliphatic rings. The molecule has 0 N–H and O–H groups in total. The van der Waals surface area contributed by atoms with E-state index in [1.54, 1.807) is 4.90 Å². The predicted molar refractivity (Wildman–Crippen MR) is 88.6 cm³/mol. The largest absolute Gasteiger partial charge is 0.434 e. The summed E-state index contributed by atoms with van der Waals surface area (Å²) in [4.78, 5) is 27.1. The summed E-state index contributed by atoms with van der Waals surface area (Å²) in [6.45, 7) is 0.861. The zero-order valence-corrected chi connectivity index (χ0v) is 15.9. The van der Waals surface area contributed by atoms with Crippen molar-refractivity contribution in [3.8, 4) is 6.07 Å². The predicted octanol–water partition coefficient (Wildman–Crippen LogP) is 3.48. The van der Waals surface area contributed by atoms with Crippen molar-refractivity contribution in [2.45, 2.75) is 50.6 Å². The molecule has 0 bridgehead atoms. The van der Waals surface area contributed by atoms with Crippen LogP contribution in [0.4, 0.5) is 31.1 Å². The second-order valence-electron chi connectivity index (χ2n) is 8.18. The van der Waals surface area contributed by atoms with E-state index in [1.165, 1.54) is 0 Å². The summed E-state index contributed by atoms with van der Waals surface area (Å²) < 4.78 is 79.1. The molecule has 0 radical (unpaired) electrons. The second kappa shape index (κ2) is 7.81. The van der Waals surface area contributed by atoms with E-state index >= 15 is 0 Å². The third-order valence-corrected chi connectivity index (χ3v) is 6.31. The topological polar surface area (TPSA) is 73.6 Å². The van der Waals surface area contributed by atoms with E-state index < -0.39 is 24.5 Å². The highest BCUT2D eigenvalue weighted by molar-refractivity contribution is 5.83. The lowest BCUT2D eigenvalue weighted by Gasteiger charge is -2.35. The molecule has 0 aromatic heterocycles. The summed E-state index contributed by atoms with van der Waals surface area (Å²) in [5, 5.41) is 8.93. The number of likely N-dealkylation sites (tertiary alicyclic amines) is 2. The van der Waals surface area contributed by atoms with Gasteiger partial charge in [0.2, 0.25) is 5.91 Å². The van der Waals surface area contributed by atoms with Crippen molar-refractivity contribution in [3.05, 3.63) is 0 Å². The summed E-state index contributed by atoms with van der Waals surface area (Å²) in [6, 6.07) is 2.18. The van der Waals surface area contributed by atoms with Crippen LogP contribution < -0.4 is 0 Å². The fourth-order valence-electron chi connectivity index (χ4n) is 4.33. The van der Waals surface area contributed by atoms with Gasteiger partial charge in [-0.15, -0.1) is 0 Å². The van der Waals surface area contributed by atoms with Crippen LogP contribution in [0.5, 0.6) is 0 Å². The Morgan fingerprint density at radius 2 is 1.50 bits per heavy atom.